The lowest BCUT2D eigenvalue weighted by Crippen LogP contribution is -2.17. The number of allylic oxidation sites excluding steroid dienone is 1. The Morgan fingerprint density at radius 1 is 1.21 bits per heavy atom. The van der Waals surface area contributed by atoms with Crippen LogP contribution in [-0.2, 0) is 0 Å². The first-order valence-electron chi connectivity index (χ1n) is 7.29. The summed E-state index contributed by atoms with van der Waals surface area (Å²) in [4.78, 5) is 22.4. The third-order valence-corrected chi connectivity index (χ3v) is 3.30. The lowest BCUT2D eigenvalue weighted by atomic mass is 10.1. The van der Waals surface area contributed by atoms with Gasteiger partial charge in [0, 0.05) is 17.2 Å². The second kappa shape index (κ2) is 7.82. The van der Waals surface area contributed by atoms with Gasteiger partial charge in [0.25, 0.3) is 11.6 Å². The van der Waals surface area contributed by atoms with Crippen LogP contribution >= 0.6 is 0 Å². The number of nitro groups is 1. The first-order valence-corrected chi connectivity index (χ1v) is 7.29. The minimum atomic E-state index is -0.512. The maximum atomic E-state index is 12.0. The maximum Gasteiger partial charge on any atom is 0.273 e. The fourth-order valence-corrected chi connectivity index (χ4v) is 2.05. The van der Waals surface area contributed by atoms with Crippen LogP contribution < -0.4 is 5.43 Å². The number of carbonyl (C=O) groups is 1. The largest absolute Gasteiger partial charge is 0.273 e. The van der Waals surface area contributed by atoms with Crippen molar-refractivity contribution < 1.29 is 9.72 Å². The smallest absolute Gasteiger partial charge is 0.267 e. The molecule has 2 aromatic rings. The van der Waals surface area contributed by atoms with Crippen LogP contribution in [0.1, 0.15) is 28.4 Å². The lowest BCUT2D eigenvalue weighted by Gasteiger charge is -2.02. The first kappa shape index (κ1) is 17.1. The molecule has 1 amide bonds. The van der Waals surface area contributed by atoms with Crippen LogP contribution in [-0.4, -0.2) is 17.0 Å². The molecule has 0 radical (unpaired) electrons. The van der Waals surface area contributed by atoms with E-state index in [0.29, 0.717) is 5.56 Å². The molecule has 0 saturated carbocycles. The van der Waals surface area contributed by atoms with Crippen molar-refractivity contribution in [3.63, 3.8) is 0 Å². The quantitative estimate of drug-likeness (QED) is 0.517. The van der Waals surface area contributed by atoms with E-state index in [1.54, 1.807) is 6.92 Å². The van der Waals surface area contributed by atoms with E-state index in [2.05, 4.69) is 10.5 Å². The van der Waals surface area contributed by atoms with Gasteiger partial charge in [-0.15, -0.1) is 0 Å². The van der Waals surface area contributed by atoms with Crippen LogP contribution in [0.4, 0.5) is 5.69 Å². The fourth-order valence-electron chi connectivity index (χ4n) is 2.05. The molecule has 24 heavy (non-hydrogen) atoms. The van der Waals surface area contributed by atoms with E-state index in [0.717, 1.165) is 11.1 Å². The number of hydrogen-bond acceptors (Lipinski definition) is 4. The molecule has 0 aromatic heterocycles. The van der Waals surface area contributed by atoms with Gasteiger partial charge in [0.1, 0.15) is 0 Å². The minimum absolute atomic E-state index is 0.0909. The molecule has 2 rings (SSSR count). The van der Waals surface area contributed by atoms with Gasteiger partial charge in [0.2, 0.25) is 0 Å². The Hall–Kier alpha value is -3.28. The van der Waals surface area contributed by atoms with E-state index in [4.69, 9.17) is 0 Å². The Labute approximate surface area is 139 Å². The van der Waals surface area contributed by atoms with Crippen molar-refractivity contribution in [2.75, 3.05) is 0 Å². The molecule has 1 N–H and O–H groups in total. The summed E-state index contributed by atoms with van der Waals surface area (Å²) < 4.78 is 0. The van der Waals surface area contributed by atoms with Gasteiger partial charge in [-0.1, -0.05) is 42.5 Å². The van der Waals surface area contributed by atoms with E-state index in [1.807, 2.05) is 43.3 Å². The van der Waals surface area contributed by atoms with Crippen LogP contribution in [0.25, 0.3) is 6.08 Å². The van der Waals surface area contributed by atoms with Crippen molar-refractivity contribution in [3.05, 3.63) is 80.9 Å². The zero-order valence-corrected chi connectivity index (χ0v) is 13.4. The molecule has 0 unspecified atom stereocenters. The number of nitrogens with one attached hydrogen (secondary N) is 1. The molecule has 0 aliphatic carbocycles. The summed E-state index contributed by atoms with van der Waals surface area (Å²) in [5, 5.41) is 14.8. The Kier molecular flexibility index (Phi) is 5.57. The van der Waals surface area contributed by atoms with E-state index in [1.165, 1.54) is 24.4 Å². The third kappa shape index (κ3) is 4.61. The highest BCUT2D eigenvalue weighted by atomic mass is 16.6. The number of benzene rings is 2. The Morgan fingerprint density at radius 3 is 2.58 bits per heavy atom. The van der Waals surface area contributed by atoms with Crippen LogP contribution in [0, 0.1) is 17.0 Å². The average molecular weight is 323 g/mol. The van der Waals surface area contributed by atoms with Crippen LogP contribution in [0.15, 0.2) is 59.2 Å². The van der Waals surface area contributed by atoms with Crippen LogP contribution in [0.5, 0.6) is 0 Å². The van der Waals surface area contributed by atoms with E-state index in [9.17, 15) is 14.9 Å². The molecular weight excluding hydrogens is 306 g/mol. The highest BCUT2D eigenvalue weighted by Gasteiger charge is 2.14. The summed E-state index contributed by atoms with van der Waals surface area (Å²) >= 11 is 0. The predicted octanol–water partition coefficient (Wildman–Crippen LogP) is 3.72. The topological polar surface area (TPSA) is 84.6 Å². The fraction of sp³-hybridized carbons (Fsp3) is 0.111. The van der Waals surface area contributed by atoms with Crippen molar-refractivity contribution in [3.8, 4) is 0 Å². The molecule has 0 bridgehead atoms. The number of aryl methyl sites for hydroxylation is 1. The van der Waals surface area contributed by atoms with Crippen molar-refractivity contribution in [2.24, 2.45) is 5.10 Å². The Bertz CT molecular complexity index is 812. The molecule has 0 aliphatic heterocycles. The number of rotatable bonds is 5. The second-order valence-corrected chi connectivity index (χ2v) is 5.26. The molecule has 6 heteroatoms. The highest BCUT2D eigenvalue weighted by molar-refractivity contribution is 5.95. The van der Waals surface area contributed by atoms with E-state index < -0.39 is 10.8 Å². The zero-order chi connectivity index (χ0) is 17.5. The number of hydrogen-bond donors (Lipinski definition) is 1. The lowest BCUT2D eigenvalue weighted by molar-refractivity contribution is -0.385. The minimum Gasteiger partial charge on any atom is -0.267 e. The number of amides is 1. The summed E-state index contributed by atoms with van der Waals surface area (Å²) in [7, 11) is 0. The molecule has 0 heterocycles. The normalized spacial score (nSPS) is 11.5. The van der Waals surface area contributed by atoms with Crippen molar-refractivity contribution in [2.45, 2.75) is 13.8 Å². The van der Waals surface area contributed by atoms with Gasteiger partial charge in [-0.05, 0) is 31.1 Å². The number of hydrazone groups is 1. The molecule has 2 aromatic carbocycles. The first-order chi connectivity index (χ1) is 11.5. The number of carbonyl (C=O) groups excluding carboxylic acids is 1. The van der Waals surface area contributed by atoms with E-state index in [-0.39, 0.29) is 11.3 Å². The SMILES string of the molecule is CC(C=NNC(=O)c1ccc(C)c([N+](=O)[O-])c1)=Cc1ccccc1. The summed E-state index contributed by atoms with van der Waals surface area (Å²) in [6, 6.07) is 14.0. The van der Waals surface area contributed by atoms with E-state index >= 15 is 0 Å². The standard InChI is InChI=1S/C18H17N3O3/c1-13(10-15-6-4-3-5-7-15)12-19-20-18(22)16-9-8-14(2)17(11-16)21(23)24/h3-12H,1-2H3,(H,20,22). The van der Waals surface area contributed by atoms with Crippen molar-refractivity contribution in [1.29, 1.82) is 0 Å². The van der Waals surface area contributed by atoms with Gasteiger partial charge >= 0.3 is 0 Å². The average Bonchev–Trinajstić information content (AvgIpc) is 2.55. The van der Waals surface area contributed by atoms with Gasteiger partial charge in [0.05, 0.1) is 11.1 Å². The molecule has 6 nitrogen and oxygen atoms in total. The van der Waals surface area contributed by atoms with Gasteiger partial charge in [-0.25, -0.2) is 5.43 Å². The highest BCUT2D eigenvalue weighted by Crippen LogP contribution is 2.19. The van der Waals surface area contributed by atoms with Crippen molar-refractivity contribution in [1.82, 2.24) is 5.43 Å². The Balaban J connectivity index is 2.04. The maximum absolute atomic E-state index is 12.0. The van der Waals surface area contributed by atoms with Crippen molar-refractivity contribution >= 4 is 23.9 Å². The van der Waals surface area contributed by atoms with Gasteiger partial charge in [-0.2, -0.15) is 5.10 Å². The molecule has 0 fully saturated rings. The van der Waals surface area contributed by atoms with Gasteiger partial charge in [-0.3, -0.25) is 14.9 Å². The molecular formula is C18H17N3O3. The monoisotopic (exact) mass is 323 g/mol. The molecule has 0 aliphatic rings. The predicted molar refractivity (Wildman–Crippen MR) is 93.9 cm³/mol. The summed E-state index contributed by atoms with van der Waals surface area (Å²) in [5.74, 6) is -0.498. The van der Waals surface area contributed by atoms with Crippen LogP contribution in [0.3, 0.4) is 0 Å². The molecule has 0 saturated heterocycles. The third-order valence-electron chi connectivity index (χ3n) is 3.30. The summed E-state index contributed by atoms with van der Waals surface area (Å²) in [6.45, 7) is 3.48. The Morgan fingerprint density at radius 2 is 1.92 bits per heavy atom. The molecule has 0 atom stereocenters. The number of nitrogens with zero attached hydrogens (tertiary/aromatic N) is 2. The summed E-state index contributed by atoms with van der Waals surface area (Å²) in [5.41, 5.74) is 4.86. The summed E-state index contributed by atoms with van der Waals surface area (Å²) in [6.07, 6.45) is 3.44. The van der Waals surface area contributed by atoms with Gasteiger partial charge in [0.15, 0.2) is 0 Å². The second-order valence-electron chi connectivity index (χ2n) is 5.26. The molecule has 0 spiro atoms. The number of nitro benzene ring substituents is 1. The zero-order valence-electron chi connectivity index (χ0n) is 13.4. The van der Waals surface area contributed by atoms with Gasteiger partial charge < -0.3 is 0 Å². The van der Waals surface area contributed by atoms with Crippen LogP contribution in [0.2, 0.25) is 0 Å². The molecule has 122 valence electrons.